The molecule has 3 aromatic carbocycles. The van der Waals surface area contributed by atoms with Crippen LogP contribution in [0.4, 0.5) is 0 Å². The van der Waals surface area contributed by atoms with E-state index in [0.29, 0.717) is 12.8 Å². The van der Waals surface area contributed by atoms with Crippen molar-refractivity contribution < 1.29 is 17.8 Å². The van der Waals surface area contributed by atoms with Crippen LogP contribution in [-0.2, 0) is 74.5 Å². The van der Waals surface area contributed by atoms with Crippen molar-refractivity contribution in [1.82, 2.24) is 0 Å². The SMILES string of the molecule is CC(C)(C)c1cc(C(C)(C)C)c([S+](c2c(C(C)(C)C)cc(C(C)(C)C)cc2C(C)(C)C)c2c(C(C)(C)C)cc(C(C)(C)C)cc2C(C)(C)C)c(C(C)(C)C)c1.CC1(C)C2CCC1(CS(=O)(=O)[O-])C(=O)C2. The fourth-order valence-electron chi connectivity index (χ4n) is 10.9. The normalized spacial score (nSPS) is 19.8. The molecule has 2 bridgehead atoms. The van der Waals surface area contributed by atoms with Crippen LogP contribution >= 0.6 is 0 Å². The molecule has 2 aliphatic carbocycles. The van der Waals surface area contributed by atoms with Crippen LogP contribution < -0.4 is 0 Å². The molecule has 0 N–H and O–H groups in total. The zero-order chi connectivity index (χ0) is 54.7. The Morgan fingerprint density at radius 2 is 0.686 bits per heavy atom. The van der Waals surface area contributed by atoms with Gasteiger partial charge in [-0.05, 0) is 126 Å². The summed E-state index contributed by atoms with van der Waals surface area (Å²) in [4.78, 5) is 16.5. The lowest BCUT2D eigenvalue weighted by Crippen LogP contribution is -2.42. The van der Waals surface area contributed by atoms with Gasteiger partial charge < -0.3 is 4.55 Å². The van der Waals surface area contributed by atoms with E-state index in [2.05, 4.69) is 223 Å². The number of hydrogen-bond acceptors (Lipinski definition) is 4. The third-order valence-electron chi connectivity index (χ3n) is 15.9. The zero-order valence-corrected chi connectivity index (χ0v) is 52.0. The van der Waals surface area contributed by atoms with Crippen molar-refractivity contribution in [2.24, 2.45) is 16.7 Å². The molecule has 2 fully saturated rings. The Labute approximate surface area is 434 Å². The summed E-state index contributed by atoms with van der Waals surface area (Å²) < 4.78 is 32.7. The minimum absolute atomic E-state index is 0.0140. The van der Waals surface area contributed by atoms with Gasteiger partial charge in [-0.2, -0.15) is 0 Å². The third kappa shape index (κ3) is 12.4. The second-order valence-corrected chi connectivity index (χ2v) is 34.9. The quantitative estimate of drug-likeness (QED) is 0.189. The van der Waals surface area contributed by atoms with Crippen molar-refractivity contribution >= 4 is 26.8 Å². The predicted octanol–water partition coefficient (Wildman–Crippen LogP) is 17.4. The van der Waals surface area contributed by atoms with E-state index in [0.717, 1.165) is 6.42 Å². The second-order valence-electron chi connectivity index (χ2n) is 31.6. The maximum atomic E-state index is 11.8. The lowest BCUT2D eigenvalue weighted by atomic mass is 9.70. The predicted molar refractivity (Wildman–Crippen MR) is 303 cm³/mol. The van der Waals surface area contributed by atoms with E-state index in [1.165, 1.54) is 50.1 Å². The highest BCUT2D eigenvalue weighted by atomic mass is 32.2. The molecule has 0 saturated heterocycles. The Morgan fingerprint density at radius 3 is 0.829 bits per heavy atom. The van der Waals surface area contributed by atoms with Gasteiger partial charge >= 0.3 is 0 Å². The van der Waals surface area contributed by atoms with E-state index in [4.69, 9.17) is 0 Å². The van der Waals surface area contributed by atoms with Crippen LogP contribution in [0.25, 0.3) is 0 Å². The van der Waals surface area contributed by atoms with Gasteiger partial charge in [-0.25, -0.2) is 8.42 Å². The molecular formula is C64H102O4S2. The number of Topliss-reactive ketones (excluding diaryl/α,β-unsaturated/α-hetero) is 1. The topological polar surface area (TPSA) is 74.3 Å². The summed E-state index contributed by atoms with van der Waals surface area (Å²) in [7, 11) is -4.79. The van der Waals surface area contributed by atoms with Crippen LogP contribution in [0, 0.1) is 16.7 Å². The van der Waals surface area contributed by atoms with Crippen molar-refractivity contribution in [3.63, 3.8) is 0 Å². The molecule has 4 nitrogen and oxygen atoms in total. The van der Waals surface area contributed by atoms with E-state index >= 15 is 0 Å². The van der Waals surface area contributed by atoms with Crippen LogP contribution in [0.3, 0.4) is 0 Å². The number of carbonyl (C=O) groups is 1. The molecule has 6 heteroatoms. The molecule has 0 radical (unpaired) electrons. The fraction of sp³-hybridized carbons (Fsp3) is 0.703. The van der Waals surface area contributed by atoms with Gasteiger partial charge in [0.15, 0.2) is 14.7 Å². The van der Waals surface area contributed by atoms with Crippen LogP contribution in [0.5, 0.6) is 0 Å². The maximum absolute atomic E-state index is 11.8. The van der Waals surface area contributed by atoms with Gasteiger partial charge in [0.1, 0.15) is 16.7 Å². The molecule has 70 heavy (non-hydrogen) atoms. The van der Waals surface area contributed by atoms with E-state index in [1.54, 1.807) is 14.7 Å². The summed E-state index contributed by atoms with van der Waals surface area (Å²) in [6.07, 6.45) is 1.88. The lowest BCUT2D eigenvalue weighted by Gasteiger charge is -2.38. The summed E-state index contributed by atoms with van der Waals surface area (Å²) in [6.45, 7) is 69.6. The number of rotatable bonds is 5. The Bertz CT molecular complexity index is 2230. The number of fused-ring (bicyclic) bond motifs is 2. The average molecular weight is 1000 g/mol. The smallest absolute Gasteiger partial charge is 0.174 e. The first-order chi connectivity index (χ1) is 30.7. The van der Waals surface area contributed by atoms with E-state index in [1.807, 2.05) is 13.8 Å². The number of carbonyl (C=O) groups excluding carboxylic acids is 1. The molecular weight excluding hydrogens is 897 g/mol. The zero-order valence-electron chi connectivity index (χ0n) is 50.3. The first kappa shape index (κ1) is 60.1. The molecule has 0 amide bonds. The van der Waals surface area contributed by atoms with Gasteiger partial charge in [0.2, 0.25) is 0 Å². The highest BCUT2D eigenvalue weighted by Gasteiger charge is 2.64. The summed E-state index contributed by atoms with van der Waals surface area (Å²) in [5.41, 5.74) is 11.5. The molecule has 0 aliphatic heterocycles. The Kier molecular flexibility index (Phi) is 15.9. The molecule has 2 unspecified atom stereocenters. The third-order valence-corrected chi connectivity index (χ3v) is 19.3. The molecule has 394 valence electrons. The van der Waals surface area contributed by atoms with Crippen molar-refractivity contribution in [2.45, 2.75) is 283 Å². The van der Waals surface area contributed by atoms with Gasteiger partial charge in [0, 0.05) is 45.2 Å². The Balaban J connectivity index is 0.000000597. The van der Waals surface area contributed by atoms with Gasteiger partial charge in [0.05, 0.1) is 15.9 Å². The molecule has 5 rings (SSSR count). The molecule has 0 aromatic heterocycles. The van der Waals surface area contributed by atoms with E-state index in [9.17, 15) is 17.8 Å². The van der Waals surface area contributed by atoms with E-state index in [-0.39, 0.29) is 65.9 Å². The first-order valence-electron chi connectivity index (χ1n) is 26.5. The van der Waals surface area contributed by atoms with Crippen molar-refractivity contribution in [3.8, 4) is 0 Å². The minimum Gasteiger partial charge on any atom is -0.748 e. The standard InChI is InChI=1S/C54H87S.C10H16O4S/c1-46(2,3)34-28-37(49(10,11)12)43(38(29-34)50(13,14)15)55(44-39(51(16,17)18)30-35(47(4,5)6)31-40(44)52(19,20)21)45-41(53(22,23)24)32-36(48(7,8)9)33-42(45)54(25,26)27;1-9(2)7-3-4-10(9,8(11)5-7)6-15(12,13)14/h28-33H,1-27H3;7H,3-6H2,1-2H3,(H,12,13,14)/q+1;/p-1. The monoisotopic (exact) mass is 999 g/mol. The molecule has 2 aliphatic rings. The summed E-state index contributed by atoms with van der Waals surface area (Å²) in [5, 5.41) is 0. The summed E-state index contributed by atoms with van der Waals surface area (Å²) in [5.74, 6) is -0.280. The highest BCUT2D eigenvalue weighted by Crippen LogP contribution is 2.64. The van der Waals surface area contributed by atoms with Crippen LogP contribution in [-0.4, -0.2) is 24.5 Å². The molecule has 3 aromatic rings. The van der Waals surface area contributed by atoms with Crippen molar-refractivity contribution in [3.05, 3.63) is 86.5 Å². The lowest BCUT2D eigenvalue weighted by molar-refractivity contribution is -0.128. The van der Waals surface area contributed by atoms with Gasteiger partial charge in [-0.3, -0.25) is 4.79 Å². The summed E-state index contributed by atoms with van der Waals surface area (Å²) >= 11 is 0. The van der Waals surface area contributed by atoms with Gasteiger partial charge in [0.25, 0.3) is 0 Å². The average Bonchev–Trinajstić information content (AvgIpc) is 3.45. The highest BCUT2D eigenvalue weighted by molar-refractivity contribution is 7.97. The van der Waals surface area contributed by atoms with Gasteiger partial charge in [-0.15, -0.1) is 0 Å². The van der Waals surface area contributed by atoms with Crippen LogP contribution in [0.2, 0.25) is 0 Å². The molecule has 2 atom stereocenters. The van der Waals surface area contributed by atoms with Crippen LogP contribution in [0.15, 0.2) is 51.1 Å². The minimum atomic E-state index is -4.33. The Hall–Kier alpha value is -2.41. The van der Waals surface area contributed by atoms with Crippen LogP contribution in [0.1, 0.15) is 270 Å². The Morgan fingerprint density at radius 1 is 0.457 bits per heavy atom. The molecule has 2 saturated carbocycles. The largest absolute Gasteiger partial charge is 0.748 e. The first-order valence-corrected chi connectivity index (χ1v) is 29.3. The van der Waals surface area contributed by atoms with E-state index < -0.39 is 32.2 Å². The number of hydrogen-bond donors (Lipinski definition) is 0. The fourth-order valence-corrected chi connectivity index (χ4v) is 16.3. The number of benzene rings is 3. The van der Waals surface area contributed by atoms with Gasteiger partial charge in [-0.1, -0.05) is 201 Å². The van der Waals surface area contributed by atoms with Crippen molar-refractivity contribution in [1.29, 1.82) is 0 Å². The number of ketones is 1. The molecule has 0 spiro atoms. The maximum Gasteiger partial charge on any atom is 0.174 e. The van der Waals surface area contributed by atoms with Crippen molar-refractivity contribution in [2.75, 3.05) is 5.75 Å². The second kappa shape index (κ2) is 18.5. The molecule has 0 heterocycles. The summed E-state index contributed by atoms with van der Waals surface area (Å²) in [6, 6.07) is 15.7.